The van der Waals surface area contributed by atoms with Gasteiger partial charge in [0.1, 0.15) is 5.82 Å². The maximum atomic E-state index is 13.2. The molecule has 0 spiro atoms. The Labute approximate surface area is 137 Å². The smallest absolute Gasteiger partial charge is 0.252 e. The van der Waals surface area contributed by atoms with Crippen molar-refractivity contribution in [2.24, 2.45) is 0 Å². The van der Waals surface area contributed by atoms with E-state index in [-0.39, 0.29) is 12.0 Å². The number of fused-ring (bicyclic) bond motifs is 1. The molecule has 1 aromatic carbocycles. The molecule has 0 bridgehead atoms. The Morgan fingerprint density at radius 2 is 2.38 bits per heavy atom. The van der Waals surface area contributed by atoms with Gasteiger partial charge in [-0.05, 0) is 60.2 Å². The van der Waals surface area contributed by atoms with Gasteiger partial charge >= 0.3 is 0 Å². The van der Waals surface area contributed by atoms with Crippen LogP contribution in [0.5, 0.6) is 0 Å². The highest BCUT2D eigenvalue weighted by Crippen LogP contribution is 2.22. The van der Waals surface area contributed by atoms with Crippen molar-refractivity contribution in [1.29, 1.82) is 0 Å². The number of hydrogen-bond donors (Lipinski definition) is 1. The lowest BCUT2D eigenvalue weighted by molar-refractivity contribution is -0.0461. The van der Waals surface area contributed by atoms with E-state index in [0.717, 1.165) is 23.3 Å². The molecule has 2 unspecified atom stereocenters. The number of nitrogens with zero attached hydrogens (tertiary/aromatic N) is 1. The fraction of sp³-hybridized carbons (Fsp3) is 0.533. The molecule has 2 atom stereocenters. The lowest BCUT2D eigenvalue weighted by Gasteiger charge is -2.35. The molecule has 6 heteroatoms. The Bertz CT molecular complexity index is 540. The third kappa shape index (κ3) is 3.54. The van der Waals surface area contributed by atoms with Crippen molar-refractivity contribution in [3.8, 4) is 0 Å². The van der Waals surface area contributed by atoms with Crippen molar-refractivity contribution in [3.63, 3.8) is 0 Å². The zero-order valence-electron chi connectivity index (χ0n) is 11.6. The summed E-state index contributed by atoms with van der Waals surface area (Å²) in [5.41, 5.74) is 0.380. The van der Waals surface area contributed by atoms with Crippen LogP contribution in [0.1, 0.15) is 23.2 Å². The fourth-order valence-electron chi connectivity index (χ4n) is 2.98. The summed E-state index contributed by atoms with van der Waals surface area (Å²) in [6.07, 6.45) is 2.46. The van der Waals surface area contributed by atoms with Crippen molar-refractivity contribution in [3.05, 3.63) is 33.1 Å². The topological polar surface area (TPSA) is 41.6 Å². The van der Waals surface area contributed by atoms with E-state index in [4.69, 9.17) is 4.74 Å². The zero-order valence-corrected chi connectivity index (χ0v) is 13.8. The largest absolute Gasteiger partial charge is 0.373 e. The molecule has 2 saturated heterocycles. The first-order valence-electron chi connectivity index (χ1n) is 7.22. The van der Waals surface area contributed by atoms with Crippen LogP contribution in [0.3, 0.4) is 0 Å². The number of benzene rings is 1. The molecule has 3 rings (SSSR count). The molecule has 114 valence electrons. The third-order valence-corrected chi connectivity index (χ3v) is 5.07. The summed E-state index contributed by atoms with van der Waals surface area (Å²) in [6, 6.07) is 4.80. The SMILES string of the molecule is O=C(NCC1CN2CCCC2CO1)c1cc(F)ccc1I. The van der Waals surface area contributed by atoms with E-state index >= 15 is 0 Å². The van der Waals surface area contributed by atoms with E-state index in [9.17, 15) is 9.18 Å². The second-order valence-electron chi connectivity index (χ2n) is 5.58. The number of nitrogens with one attached hydrogen (secondary N) is 1. The number of hydrogen-bond acceptors (Lipinski definition) is 3. The summed E-state index contributed by atoms with van der Waals surface area (Å²) >= 11 is 2.04. The maximum Gasteiger partial charge on any atom is 0.252 e. The second kappa shape index (κ2) is 6.58. The molecule has 2 aliphatic rings. The highest BCUT2D eigenvalue weighted by atomic mass is 127. The van der Waals surface area contributed by atoms with Gasteiger partial charge in [-0.1, -0.05) is 0 Å². The Balaban J connectivity index is 1.55. The average molecular weight is 404 g/mol. The summed E-state index contributed by atoms with van der Waals surface area (Å²) in [4.78, 5) is 14.6. The number of halogens is 2. The highest BCUT2D eigenvalue weighted by molar-refractivity contribution is 14.1. The molecule has 2 fully saturated rings. The van der Waals surface area contributed by atoms with Crippen molar-refractivity contribution in [2.45, 2.75) is 25.0 Å². The van der Waals surface area contributed by atoms with Crippen LogP contribution in [-0.4, -0.2) is 49.2 Å². The average Bonchev–Trinajstić information content (AvgIpc) is 2.94. The quantitative estimate of drug-likeness (QED) is 0.785. The Morgan fingerprint density at radius 1 is 1.52 bits per heavy atom. The van der Waals surface area contributed by atoms with E-state index in [1.165, 1.54) is 25.0 Å². The van der Waals surface area contributed by atoms with Crippen molar-refractivity contribution >= 4 is 28.5 Å². The molecule has 0 radical (unpaired) electrons. The van der Waals surface area contributed by atoms with E-state index in [0.29, 0.717) is 18.2 Å². The molecule has 1 amide bonds. The number of morpholine rings is 1. The summed E-state index contributed by atoms with van der Waals surface area (Å²) in [7, 11) is 0. The second-order valence-corrected chi connectivity index (χ2v) is 6.74. The van der Waals surface area contributed by atoms with Crippen LogP contribution in [0.15, 0.2) is 18.2 Å². The van der Waals surface area contributed by atoms with Gasteiger partial charge in [-0.15, -0.1) is 0 Å². The summed E-state index contributed by atoms with van der Waals surface area (Å²) < 4.78 is 19.8. The number of ether oxygens (including phenoxy) is 1. The first kappa shape index (κ1) is 15.2. The van der Waals surface area contributed by atoms with Crippen LogP contribution < -0.4 is 5.32 Å². The van der Waals surface area contributed by atoms with Crippen molar-refractivity contribution in [2.75, 3.05) is 26.2 Å². The standard InChI is InChI=1S/C15H18FIN2O2/c16-10-3-4-14(17)13(6-10)15(20)18-7-12-8-19-5-1-2-11(19)9-21-12/h3-4,6,11-12H,1-2,5,7-9H2,(H,18,20). The van der Waals surface area contributed by atoms with Crippen molar-refractivity contribution in [1.82, 2.24) is 10.2 Å². The van der Waals surface area contributed by atoms with Crippen molar-refractivity contribution < 1.29 is 13.9 Å². The summed E-state index contributed by atoms with van der Waals surface area (Å²) in [6.45, 7) is 3.21. The summed E-state index contributed by atoms with van der Waals surface area (Å²) in [5, 5.41) is 2.85. The molecule has 0 saturated carbocycles. The number of carbonyl (C=O) groups excluding carboxylic acids is 1. The van der Waals surface area contributed by atoms with Gasteiger partial charge in [0.05, 0.1) is 18.3 Å². The first-order chi connectivity index (χ1) is 10.1. The monoisotopic (exact) mass is 404 g/mol. The summed E-state index contributed by atoms with van der Waals surface area (Å²) in [5.74, 6) is -0.638. The minimum atomic E-state index is -0.394. The van der Waals surface area contributed by atoms with Crippen LogP contribution in [0.4, 0.5) is 4.39 Å². The minimum Gasteiger partial charge on any atom is -0.373 e. The lowest BCUT2D eigenvalue weighted by Crippen LogP contribution is -2.50. The van der Waals surface area contributed by atoms with E-state index in [1.807, 2.05) is 22.6 Å². The van der Waals surface area contributed by atoms with Gasteiger partial charge in [0.25, 0.3) is 5.91 Å². The predicted molar refractivity (Wildman–Crippen MR) is 85.8 cm³/mol. The van der Waals surface area contributed by atoms with Crippen LogP contribution in [0.2, 0.25) is 0 Å². The molecule has 1 aromatic rings. The molecule has 2 heterocycles. The zero-order chi connectivity index (χ0) is 14.8. The van der Waals surface area contributed by atoms with Gasteiger partial charge in [-0.25, -0.2) is 4.39 Å². The van der Waals surface area contributed by atoms with Gasteiger partial charge in [-0.2, -0.15) is 0 Å². The molecule has 0 aromatic heterocycles. The molecule has 21 heavy (non-hydrogen) atoms. The van der Waals surface area contributed by atoms with Gasteiger partial charge in [-0.3, -0.25) is 9.69 Å². The number of carbonyl (C=O) groups is 1. The lowest BCUT2D eigenvalue weighted by atomic mass is 10.1. The first-order valence-corrected chi connectivity index (χ1v) is 8.30. The Kier molecular flexibility index (Phi) is 4.75. The van der Waals surface area contributed by atoms with E-state index < -0.39 is 5.82 Å². The Morgan fingerprint density at radius 3 is 3.24 bits per heavy atom. The van der Waals surface area contributed by atoms with Crippen LogP contribution >= 0.6 is 22.6 Å². The van der Waals surface area contributed by atoms with E-state index in [1.54, 1.807) is 6.07 Å². The van der Waals surface area contributed by atoms with Crippen LogP contribution in [0, 0.1) is 9.39 Å². The highest BCUT2D eigenvalue weighted by Gasteiger charge is 2.32. The normalized spacial score (nSPS) is 25.6. The fourth-order valence-corrected chi connectivity index (χ4v) is 3.56. The van der Waals surface area contributed by atoms with Crippen LogP contribution in [-0.2, 0) is 4.74 Å². The van der Waals surface area contributed by atoms with E-state index in [2.05, 4.69) is 10.2 Å². The van der Waals surface area contributed by atoms with Gasteiger partial charge in [0.2, 0.25) is 0 Å². The third-order valence-electron chi connectivity index (χ3n) is 4.12. The Hall–Kier alpha value is -0.730. The number of rotatable bonds is 3. The predicted octanol–water partition coefficient (Wildman–Crippen LogP) is 2.02. The molecular weight excluding hydrogens is 386 g/mol. The molecule has 0 aliphatic carbocycles. The number of amides is 1. The van der Waals surface area contributed by atoms with Gasteiger partial charge in [0.15, 0.2) is 0 Å². The van der Waals surface area contributed by atoms with Gasteiger partial charge < -0.3 is 10.1 Å². The van der Waals surface area contributed by atoms with Crippen LogP contribution in [0.25, 0.3) is 0 Å². The molecule has 2 aliphatic heterocycles. The minimum absolute atomic E-state index is 0.0227. The maximum absolute atomic E-state index is 13.2. The molecule has 4 nitrogen and oxygen atoms in total. The molecular formula is C15H18FIN2O2. The molecule has 1 N–H and O–H groups in total. The van der Waals surface area contributed by atoms with Gasteiger partial charge in [0, 0.05) is 22.7 Å².